The first kappa shape index (κ1) is 17.7. The van der Waals surface area contributed by atoms with Crippen molar-refractivity contribution in [1.82, 2.24) is 23.1 Å². The lowest BCUT2D eigenvalue weighted by Gasteiger charge is -2.10. The van der Waals surface area contributed by atoms with Crippen LogP contribution < -0.4 is 11.2 Å². The van der Waals surface area contributed by atoms with Crippen LogP contribution in [-0.2, 0) is 14.1 Å². The zero-order chi connectivity index (χ0) is 20.4. The Morgan fingerprint density at radius 1 is 1.00 bits per heavy atom. The first-order valence-electron chi connectivity index (χ1n) is 9.19. The molecule has 0 spiro atoms. The summed E-state index contributed by atoms with van der Waals surface area (Å²) < 4.78 is 6.37. The van der Waals surface area contributed by atoms with Gasteiger partial charge in [-0.05, 0) is 48.6 Å². The zero-order valence-corrected chi connectivity index (χ0v) is 17.3. The van der Waals surface area contributed by atoms with Crippen molar-refractivity contribution in [2.75, 3.05) is 0 Å². The molecule has 0 N–H and O–H groups in total. The van der Waals surface area contributed by atoms with Gasteiger partial charge in [0.25, 0.3) is 5.56 Å². The van der Waals surface area contributed by atoms with Crippen LogP contribution in [0.15, 0.2) is 51.5 Å². The minimum Gasteiger partial charge on any atom is -0.279 e. The topological polar surface area (TPSA) is 66.2 Å². The molecule has 146 valence electrons. The van der Waals surface area contributed by atoms with Crippen molar-refractivity contribution in [3.05, 3.63) is 73.9 Å². The number of imidazole rings is 2. The first-order chi connectivity index (χ1) is 13.9. The molecular weight excluding hydrogens is 386 g/mol. The molecule has 8 heteroatoms. The predicted molar refractivity (Wildman–Crippen MR) is 115 cm³/mol. The minimum atomic E-state index is -0.389. The maximum Gasteiger partial charge on any atom is 0.332 e. The van der Waals surface area contributed by atoms with Crippen LogP contribution >= 0.6 is 11.3 Å². The number of aryl methyl sites for hydroxylation is 3. The average Bonchev–Trinajstić information content (AvgIpc) is 3.41. The third kappa shape index (κ3) is 2.39. The van der Waals surface area contributed by atoms with Crippen molar-refractivity contribution < 1.29 is 0 Å². The summed E-state index contributed by atoms with van der Waals surface area (Å²) in [4.78, 5) is 31.1. The molecule has 0 radical (unpaired) electrons. The van der Waals surface area contributed by atoms with E-state index in [1.54, 1.807) is 22.8 Å². The van der Waals surface area contributed by atoms with E-state index in [-0.39, 0.29) is 11.2 Å². The number of hydrogen-bond acceptors (Lipinski definition) is 4. The van der Waals surface area contributed by atoms with E-state index in [0.717, 1.165) is 20.8 Å². The molecule has 0 amide bonds. The number of thiophene rings is 1. The molecule has 0 aliphatic rings. The SMILES string of the molecule is Cc1ccc(-n2c(-c3cccs3)cn3c4c(=O)n(C)c(=O)n(C)c4nc23)cc1C. The summed E-state index contributed by atoms with van der Waals surface area (Å²) in [5, 5.41) is 2.02. The predicted octanol–water partition coefficient (Wildman–Crippen LogP) is 3.02. The van der Waals surface area contributed by atoms with Crippen molar-refractivity contribution in [3.63, 3.8) is 0 Å². The van der Waals surface area contributed by atoms with Crippen LogP contribution in [-0.4, -0.2) is 23.1 Å². The standard InChI is InChI=1S/C21H19N5O2S/c1-12-7-8-14(10-13(12)2)26-15(16-6-5-9-29-16)11-25-17-18(22-20(25)26)23(3)21(28)24(4)19(17)27/h5-11H,1-4H3. The number of benzene rings is 1. The smallest absolute Gasteiger partial charge is 0.279 e. The van der Waals surface area contributed by atoms with Gasteiger partial charge in [0.15, 0.2) is 11.2 Å². The molecule has 4 heterocycles. The highest BCUT2D eigenvalue weighted by molar-refractivity contribution is 7.13. The quantitative estimate of drug-likeness (QED) is 0.453. The second kappa shape index (κ2) is 6.05. The third-order valence-electron chi connectivity index (χ3n) is 5.49. The van der Waals surface area contributed by atoms with Crippen molar-refractivity contribution in [2.24, 2.45) is 14.1 Å². The van der Waals surface area contributed by atoms with E-state index < -0.39 is 0 Å². The van der Waals surface area contributed by atoms with Crippen molar-refractivity contribution in [1.29, 1.82) is 0 Å². The van der Waals surface area contributed by atoms with E-state index in [9.17, 15) is 9.59 Å². The summed E-state index contributed by atoms with van der Waals surface area (Å²) in [7, 11) is 3.13. The lowest BCUT2D eigenvalue weighted by molar-refractivity contribution is 0.708. The molecule has 0 aliphatic carbocycles. The Hall–Kier alpha value is -3.39. The number of rotatable bonds is 2. The Labute approximate surface area is 169 Å². The van der Waals surface area contributed by atoms with Gasteiger partial charge in [-0.1, -0.05) is 12.1 Å². The fourth-order valence-electron chi connectivity index (χ4n) is 3.69. The summed E-state index contributed by atoms with van der Waals surface area (Å²) in [6.45, 7) is 4.15. The summed E-state index contributed by atoms with van der Waals surface area (Å²) in [6.07, 6.45) is 1.93. The number of hydrogen-bond donors (Lipinski definition) is 0. The highest BCUT2D eigenvalue weighted by Gasteiger charge is 2.22. The Balaban J connectivity index is 1.98. The molecule has 5 rings (SSSR count). The second-order valence-electron chi connectivity index (χ2n) is 7.26. The molecule has 0 bridgehead atoms. The lowest BCUT2D eigenvalue weighted by atomic mass is 10.1. The molecule has 0 unspecified atom stereocenters. The molecule has 4 aromatic heterocycles. The summed E-state index contributed by atoms with van der Waals surface area (Å²) >= 11 is 1.63. The number of nitrogens with zero attached hydrogens (tertiary/aromatic N) is 5. The maximum absolute atomic E-state index is 12.9. The maximum atomic E-state index is 12.9. The number of fused-ring (bicyclic) bond motifs is 3. The Bertz CT molecular complexity index is 1530. The Morgan fingerprint density at radius 2 is 1.79 bits per heavy atom. The molecule has 0 saturated carbocycles. The Morgan fingerprint density at radius 3 is 2.48 bits per heavy atom. The van der Waals surface area contributed by atoms with Crippen LogP contribution in [0.2, 0.25) is 0 Å². The van der Waals surface area contributed by atoms with Gasteiger partial charge < -0.3 is 0 Å². The van der Waals surface area contributed by atoms with Gasteiger partial charge in [0.1, 0.15) is 0 Å². The van der Waals surface area contributed by atoms with Crippen LogP contribution in [0.3, 0.4) is 0 Å². The van der Waals surface area contributed by atoms with Crippen LogP contribution in [0.4, 0.5) is 0 Å². The van der Waals surface area contributed by atoms with Crippen molar-refractivity contribution in [2.45, 2.75) is 13.8 Å². The molecule has 5 aromatic rings. The average molecular weight is 405 g/mol. The van der Waals surface area contributed by atoms with Gasteiger partial charge in [0.2, 0.25) is 5.78 Å². The minimum absolute atomic E-state index is 0.356. The van der Waals surface area contributed by atoms with Crippen LogP contribution in [0.25, 0.3) is 33.2 Å². The number of aromatic nitrogens is 5. The van der Waals surface area contributed by atoms with E-state index in [0.29, 0.717) is 16.9 Å². The summed E-state index contributed by atoms with van der Waals surface area (Å²) in [5.41, 5.74) is 4.32. The molecule has 7 nitrogen and oxygen atoms in total. The molecule has 0 aliphatic heterocycles. The van der Waals surface area contributed by atoms with E-state index in [4.69, 9.17) is 4.98 Å². The monoisotopic (exact) mass is 405 g/mol. The fraction of sp³-hybridized carbons (Fsp3) is 0.190. The van der Waals surface area contributed by atoms with E-state index in [1.165, 1.54) is 22.7 Å². The van der Waals surface area contributed by atoms with Gasteiger partial charge >= 0.3 is 5.69 Å². The van der Waals surface area contributed by atoms with Crippen LogP contribution in [0.5, 0.6) is 0 Å². The van der Waals surface area contributed by atoms with Gasteiger partial charge in [-0.15, -0.1) is 11.3 Å². The normalized spacial score (nSPS) is 11.7. The lowest BCUT2D eigenvalue weighted by Crippen LogP contribution is -2.37. The van der Waals surface area contributed by atoms with Gasteiger partial charge in [-0.3, -0.25) is 22.9 Å². The van der Waals surface area contributed by atoms with E-state index >= 15 is 0 Å². The van der Waals surface area contributed by atoms with Gasteiger partial charge in [-0.25, -0.2) is 4.79 Å². The molecule has 0 fully saturated rings. The molecule has 29 heavy (non-hydrogen) atoms. The highest BCUT2D eigenvalue weighted by atomic mass is 32.1. The summed E-state index contributed by atoms with van der Waals surface area (Å²) in [6, 6.07) is 10.3. The molecular formula is C21H19N5O2S. The van der Waals surface area contributed by atoms with Crippen molar-refractivity contribution in [3.8, 4) is 16.3 Å². The second-order valence-corrected chi connectivity index (χ2v) is 8.20. The molecule has 0 saturated heterocycles. The Kier molecular flexibility index (Phi) is 3.69. The van der Waals surface area contributed by atoms with Crippen LogP contribution in [0.1, 0.15) is 11.1 Å². The first-order valence-corrected chi connectivity index (χ1v) is 10.1. The van der Waals surface area contributed by atoms with Gasteiger partial charge in [0, 0.05) is 26.0 Å². The van der Waals surface area contributed by atoms with Gasteiger partial charge in [-0.2, -0.15) is 4.98 Å². The highest BCUT2D eigenvalue weighted by Crippen LogP contribution is 2.32. The molecule has 1 aromatic carbocycles. The summed E-state index contributed by atoms with van der Waals surface area (Å²) in [5.74, 6) is 0.602. The van der Waals surface area contributed by atoms with E-state index in [2.05, 4.69) is 32.0 Å². The van der Waals surface area contributed by atoms with Crippen molar-refractivity contribution >= 4 is 28.3 Å². The third-order valence-corrected chi connectivity index (χ3v) is 6.38. The zero-order valence-electron chi connectivity index (χ0n) is 16.5. The largest absolute Gasteiger partial charge is 0.332 e. The van der Waals surface area contributed by atoms with E-state index in [1.807, 2.05) is 28.3 Å². The fourth-order valence-corrected chi connectivity index (χ4v) is 4.41. The molecule has 0 atom stereocenters. The van der Waals surface area contributed by atoms with Gasteiger partial charge in [0.05, 0.1) is 10.6 Å². The van der Waals surface area contributed by atoms with Crippen LogP contribution in [0, 0.1) is 13.8 Å².